The van der Waals surface area contributed by atoms with Gasteiger partial charge in [-0.3, -0.25) is 0 Å². The number of hydrogen-bond donors (Lipinski definition) is 3. The van der Waals surface area contributed by atoms with Gasteiger partial charge in [-0.25, -0.2) is 4.98 Å². The fraction of sp³-hybridized carbons (Fsp3) is 0.385. The SMILES string of the molecule is CCOc1nc(NCCCc2ncc[nH]2)ccc1N. The third-order valence-electron chi connectivity index (χ3n) is 2.62. The molecule has 102 valence electrons. The van der Waals surface area contributed by atoms with Crippen molar-refractivity contribution in [1.29, 1.82) is 0 Å². The Kier molecular flexibility index (Phi) is 4.60. The quantitative estimate of drug-likeness (QED) is 0.662. The van der Waals surface area contributed by atoms with Gasteiger partial charge in [0.2, 0.25) is 5.88 Å². The third kappa shape index (κ3) is 3.87. The average molecular weight is 261 g/mol. The van der Waals surface area contributed by atoms with Gasteiger partial charge in [0, 0.05) is 25.4 Å². The second-order valence-electron chi connectivity index (χ2n) is 4.09. The van der Waals surface area contributed by atoms with E-state index in [-0.39, 0.29) is 0 Å². The Labute approximate surface area is 112 Å². The van der Waals surface area contributed by atoms with Gasteiger partial charge < -0.3 is 20.8 Å². The zero-order valence-corrected chi connectivity index (χ0v) is 11.0. The van der Waals surface area contributed by atoms with E-state index in [4.69, 9.17) is 10.5 Å². The first-order valence-corrected chi connectivity index (χ1v) is 6.41. The number of rotatable bonds is 7. The average Bonchev–Trinajstić information content (AvgIpc) is 2.92. The summed E-state index contributed by atoms with van der Waals surface area (Å²) in [4.78, 5) is 11.6. The lowest BCUT2D eigenvalue weighted by atomic mass is 10.3. The van der Waals surface area contributed by atoms with E-state index < -0.39 is 0 Å². The summed E-state index contributed by atoms with van der Waals surface area (Å²) < 4.78 is 5.35. The van der Waals surface area contributed by atoms with Gasteiger partial charge in [0.05, 0.1) is 12.3 Å². The first-order valence-electron chi connectivity index (χ1n) is 6.41. The van der Waals surface area contributed by atoms with Crippen LogP contribution < -0.4 is 15.8 Å². The number of nitrogen functional groups attached to an aromatic ring is 1. The van der Waals surface area contributed by atoms with E-state index in [2.05, 4.69) is 20.3 Å². The fourth-order valence-electron chi connectivity index (χ4n) is 1.71. The van der Waals surface area contributed by atoms with E-state index in [1.165, 1.54) is 0 Å². The number of aromatic amines is 1. The molecule has 0 atom stereocenters. The minimum absolute atomic E-state index is 0.485. The fourth-order valence-corrected chi connectivity index (χ4v) is 1.71. The number of aromatic nitrogens is 3. The van der Waals surface area contributed by atoms with Crippen LogP contribution in [0.1, 0.15) is 19.2 Å². The maximum atomic E-state index is 5.77. The summed E-state index contributed by atoms with van der Waals surface area (Å²) in [5.74, 6) is 2.26. The van der Waals surface area contributed by atoms with Crippen molar-refractivity contribution in [2.45, 2.75) is 19.8 Å². The highest BCUT2D eigenvalue weighted by Crippen LogP contribution is 2.20. The Morgan fingerprint density at radius 3 is 3.05 bits per heavy atom. The van der Waals surface area contributed by atoms with E-state index in [0.717, 1.165) is 31.0 Å². The van der Waals surface area contributed by atoms with Crippen LogP contribution in [0, 0.1) is 0 Å². The lowest BCUT2D eigenvalue weighted by Gasteiger charge is -2.09. The zero-order valence-electron chi connectivity index (χ0n) is 11.0. The molecule has 0 aliphatic carbocycles. The molecule has 6 nitrogen and oxygen atoms in total. The van der Waals surface area contributed by atoms with Gasteiger partial charge in [-0.2, -0.15) is 4.98 Å². The summed E-state index contributed by atoms with van der Waals surface area (Å²) in [5.41, 5.74) is 6.33. The molecule has 0 unspecified atom stereocenters. The molecule has 19 heavy (non-hydrogen) atoms. The Bertz CT molecular complexity index is 498. The number of ether oxygens (including phenoxy) is 1. The maximum Gasteiger partial charge on any atom is 0.239 e. The van der Waals surface area contributed by atoms with Crippen LogP contribution >= 0.6 is 0 Å². The topological polar surface area (TPSA) is 88.8 Å². The number of anilines is 2. The maximum absolute atomic E-state index is 5.77. The molecular formula is C13H19N5O. The molecular weight excluding hydrogens is 242 g/mol. The predicted octanol–water partition coefficient (Wildman–Crippen LogP) is 1.83. The van der Waals surface area contributed by atoms with Gasteiger partial charge in [0.1, 0.15) is 11.6 Å². The van der Waals surface area contributed by atoms with Crippen molar-refractivity contribution in [2.75, 3.05) is 24.2 Å². The van der Waals surface area contributed by atoms with Crippen LogP contribution in [-0.4, -0.2) is 28.1 Å². The molecule has 0 aliphatic rings. The zero-order chi connectivity index (χ0) is 13.5. The molecule has 2 heterocycles. The number of imidazole rings is 1. The number of nitrogens with zero attached hydrogens (tertiary/aromatic N) is 2. The Balaban J connectivity index is 1.80. The highest BCUT2D eigenvalue weighted by molar-refractivity contribution is 5.53. The first kappa shape index (κ1) is 13.2. The number of nitrogens with one attached hydrogen (secondary N) is 2. The van der Waals surface area contributed by atoms with Crippen LogP contribution in [0.15, 0.2) is 24.5 Å². The Morgan fingerprint density at radius 2 is 2.32 bits per heavy atom. The molecule has 0 radical (unpaired) electrons. The van der Waals surface area contributed by atoms with E-state index in [9.17, 15) is 0 Å². The summed E-state index contributed by atoms with van der Waals surface area (Å²) in [6, 6.07) is 3.65. The molecule has 6 heteroatoms. The lowest BCUT2D eigenvalue weighted by molar-refractivity contribution is 0.329. The molecule has 0 saturated carbocycles. The van der Waals surface area contributed by atoms with Gasteiger partial charge in [-0.15, -0.1) is 0 Å². The highest BCUT2D eigenvalue weighted by atomic mass is 16.5. The molecule has 2 aromatic heterocycles. The van der Waals surface area contributed by atoms with Gasteiger partial charge in [0.25, 0.3) is 0 Å². The molecule has 4 N–H and O–H groups in total. The van der Waals surface area contributed by atoms with Crippen molar-refractivity contribution in [3.63, 3.8) is 0 Å². The van der Waals surface area contributed by atoms with Gasteiger partial charge in [-0.1, -0.05) is 0 Å². The van der Waals surface area contributed by atoms with E-state index in [0.29, 0.717) is 18.2 Å². The third-order valence-corrected chi connectivity index (χ3v) is 2.62. The van der Waals surface area contributed by atoms with Crippen LogP contribution in [0.2, 0.25) is 0 Å². The van der Waals surface area contributed by atoms with E-state index in [1.807, 2.05) is 19.2 Å². The van der Waals surface area contributed by atoms with Crippen molar-refractivity contribution in [2.24, 2.45) is 0 Å². The lowest BCUT2D eigenvalue weighted by Crippen LogP contribution is -2.07. The molecule has 0 bridgehead atoms. The van der Waals surface area contributed by atoms with Crippen molar-refractivity contribution >= 4 is 11.5 Å². The van der Waals surface area contributed by atoms with E-state index in [1.54, 1.807) is 12.3 Å². The Morgan fingerprint density at radius 1 is 1.42 bits per heavy atom. The van der Waals surface area contributed by atoms with E-state index >= 15 is 0 Å². The molecule has 0 fully saturated rings. The predicted molar refractivity (Wildman–Crippen MR) is 75.2 cm³/mol. The van der Waals surface area contributed by atoms with Crippen LogP contribution in [-0.2, 0) is 6.42 Å². The minimum atomic E-state index is 0.485. The number of nitrogens with two attached hydrogens (primary N) is 1. The minimum Gasteiger partial charge on any atom is -0.476 e. The molecule has 0 saturated heterocycles. The summed E-state index contributed by atoms with van der Waals surface area (Å²) in [5, 5.41) is 3.24. The second kappa shape index (κ2) is 6.63. The van der Waals surface area contributed by atoms with Crippen molar-refractivity contribution in [3.05, 3.63) is 30.4 Å². The second-order valence-corrected chi connectivity index (χ2v) is 4.09. The number of pyridine rings is 1. The molecule has 0 amide bonds. The summed E-state index contributed by atoms with van der Waals surface area (Å²) in [6.45, 7) is 3.28. The molecule has 0 aromatic carbocycles. The van der Waals surface area contributed by atoms with Gasteiger partial charge >= 0.3 is 0 Å². The van der Waals surface area contributed by atoms with Crippen LogP contribution in [0.25, 0.3) is 0 Å². The highest BCUT2D eigenvalue weighted by Gasteiger charge is 2.03. The molecule has 0 spiro atoms. The summed E-state index contributed by atoms with van der Waals surface area (Å²) in [7, 11) is 0. The number of H-pyrrole nitrogens is 1. The van der Waals surface area contributed by atoms with Crippen LogP contribution in [0.4, 0.5) is 11.5 Å². The number of aryl methyl sites for hydroxylation is 1. The monoisotopic (exact) mass is 261 g/mol. The molecule has 2 aromatic rings. The van der Waals surface area contributed by atoms with Gasteiger partial charge in [0.15, 0.2) is 0 Å². The summed E-state index contributed by atoms with van der Waals surface area (Å²) >= 11 is 0. The summed E-state index contributed by atoms with van der Waals surface area (Å²) in [6.07, 6.45) is 5.48. The Hall–Kier alpha value is -2.24. The molecule has 2 rings (SSSR count). The standard InChI is InChI=1S/C13H19N5O/c1-2-19-13-10(14)5-6-12(18-13)15-7-3-4-11-16-8-9-17-11/h5-6,8-9H,2-4,7,14H2,1H3,(H,15,18)(H,16,17). The molecule has 0 aliphatic heterocycles. The normalized spacial score (nSPS) is 10.4. The smallest absolute Gasteiger partial charge is 0.239 e. The largest absolute Gasteiger partial charge is 0.476 e. The van der Waals surface area contributed by atoms with Crippen molar-refractivity contribution < 1.29 is 4.74 Å². The van der Waals surface area contributed by atoms with Crippen molar-refractivity contribution in [1.82, 2.24) is 15.0 Å². The van der Waals surface area contributed by atoms with Crippen LogP contribution in [0.5, 0.6) is 5.88 Å². The van der Waals surface area contributed by atoms with Gasteiger partial charge in [-0.05, 0) is 25.5 Å². The number of hydrogen-bond acceptors (Lipinski definition) is 5. The first-order chi connectivity index (χ1) is 9.29. The van der Waals surface area contributed by atoms with Crippen molar-refractivity contribution in [3.8, 4) is 5.88 Å². The van der Waals surface area contributed by atoms with Crippen LogP contribution in [0.3, 0.4) is 0 Å².